The Morgan fingerprint density at radius 2 is 0.772 bits per heavy atom. The summed E-state index contributed by atoms with van der Waals surface area (Å²) in [5, 5.41) is 25.1. The fourth-order valence-corrected chi connectivity index (χ4v) is 7.47. The van der Waals surface area contributed by atoms with Gasteiger partial charge in [-0.15, -0.1) is 0 Å². The molecule has 0 aliphatic heterocycles. The molecule has 4 N–H and O–H groups in total. The molecule has 0 spiro atoms. The second-order valence-corrected chi connectivity index (χ2v) is 17.1. The molecule has 0 bridgehead atoms. The van der Waals surface area contributed by atoms with Crippen molar-refractivity contribution >= 4 is 17.8 Å². The van der Waals surface area contributed by atoms with Crippen molar-refractivity contribution in [3.8, 4) is 0 Å². The molecule has 2 atom stereocenters. The number of nitrogens with one attached hydrogen (secondary N) is 2. The minimum absolute atomic E-state index is 0.0874. The van der Waals surface area contributed by atoms with E-state index in [1.807, 2.05) is 0 Å². The summed E-state index contributed by atoms with van der Waals surface area (Å²) < 4.78 is 11.0. The molecule has 0 rings (SSSR count). The van der Waals surface area contributed by atoms with Gasteiger partial charge < -0.3 is 30.3 Å². The van der Waals surface area contributed by atoms with Gasteiger partial charge in [0.05, 0.1) is 44.8 Å². The van der Waals surface area contributed by atoms with Gasteiger partial charge in [0.2, 0.25) is 5.91 Å². The Hall–Kier alpha value is -1.71. The maximum atomic E-state index is 12.7. The van der Waals surface area contributed by atoms with E-state index in [4.69, 9.17) is 9.47 Å². The molecule has 0 fully saturated rings. The van der Waals surface area contributed by atoms with Crippen LogP contribution in [0.5, 0.6) is 0 Å². The second-order valence-electron chi connectivity index (χ2n) is 17.1. The lowest BCUT2D eigenvalue weighted by molar-refractivity contribution is -0.146. The van der Waals surface area contributed by atoms with Crippen LogP contribution in [0.2, 0.25) is 0 Å². The number of ether oxygens (including phenoxy) is 2. The summed E-state index contributed by atoms with van der Waals surface area (Å²) in [4.78, 5) is 38.1. The lowest BCUT2D eigenvalue weighted by Crippen LogP contribution is -2.44. The van der Waals surface area contributed by atoms with Crippen LogP contribution in [-0.4, -0.2) is 72.6 Å². The summed E-state index contributed by atoms with van der Waals surface area (Å²) in [6.45, 7) is 6.87. The first-order valence-electron chi connectivity index (χ1n) is 24.5. The molecule has 0 heterocycles. The number of carbonyl (C=O) groups is 3. The summed E-state index contributed by atoms with van der Waals surface area (Å²) in [6, 6.07) is -0.738. The molecule has 9 heteroatoms. The largest absolute Gasteiger partial charge is 0.466 e. The van der Waals surface area contributed by atoms with Crippen molar-refractivity contribution in [1.29, 1.82) is 0 Å². The summed E-state index contributed by atoms with van der Waals surface area (Å²) in [7, 11) is 0. The van der Waals surface area contributed by atoms with Gasteiger partial charge in [-0.05, 0) is 19.8 Å². The molecule has 0 aromatic heterocycles. The number of unbranched alkanes of at least 4 members (excludes halogenated alkanes) is 30. The van der Waals surface area contributed by atoms with Gasteiger partial charge >= 0.3 is 11.9 Å². The molecular formula is C48H94N2O7. The number of esters is 2. The highest BCUT2D eigenvalue weighted by Gasteiger charge is 2.22. The van der Waals surface area contributed by atoms with E-state index < -0.39 is 30.2 Å². The van der Waals surface area contributed by atoms with E-state index >= 15 is 0 Å². The van der Waals surface area contributed by atoms with Crippen LogP contribution in [-0.2, 0) is 23.9 Å². The van der Waals surface area contributed by atoms with Crippen molar-refractivity contribution in [3.05, 3.63) is 0 Å². The van der Waals surface area contributed by atoms with Crippen LogP contribution in [0.15, 0.2) is 0 Å². The summed E-state index contributed by atoms with van der Waals surface area (Å²) in [5.41, 5.74) is 0. The van der Waals surface area contributed by atoms with Crippen molar-refractivity contribution < 1.29 is 34.1 Å². The SMILES string of the molecule is CCCCCCCCCCCCCCCCCCOC(=O)CC(CC(=O)OCCCCCCCCCCCCCCCCCC)NC(=O)CNCC(O)CC(C)O. The van der Waals surface area contributed by atoms with Gasteiger partial charge in [-0.2, -0.15) is 0 Å². The fraction of sp³-hybridized carbons (Fsp3) is 0.938. The van der Waals surface area contributed by atoms with E-state index in [2.05, 4.69) is 24.5 Å². The van der Waals surface area contributed by atoms with Crippen molar-refractivity contribution in [2.75, 3.05) is 26.3 Å². The van der Waals surface area contributed by atoms with Crippen LogP contribution in [0, 0.1) is 0 Å². The molecule has 0 aliphatic rings. The number of aliphatic hydroxyl groups excluding tert-OH is 2. The Morgan fingerprint density at radius 3 is 1.07 bits per heavy atom. The average molecular weight is 811 g/mol. The van der Waals surface area contributed by atoms with Crippen molar-refractivity contribution in [2.45, 2.75) is 264 Å². The maximum Gasteiger partial charge on any atom is 0.307 e. The molecule has 338 valence electrons. The lowest BCUT2D eigenvalue weighted by Gasteiger charge is -2.18. The Morgan fingerprint density at radius 1 is 0.474 bits per heavy atom. The maximum absolute atomic E-state index is 12.7. The minimum atomic E-state index is -0.785. The van der Waals surface area contributed by atoms with E-state index in [9.17, 15) is 24.6 Å². The Kier molecular flexibility index (Phi) is 42.5. The third-order valence-corrected chi connectivity index (χ3v) is 11.0. The highest BCUT2D eigenvalue weighted by atomic mass is 16.5. The number of carbonyl (C=O) groups excluding carboxylic acids is 3. The fourth-order valence-electron chi connectivity index (χ4n) is 7.47. The van der Waals surface area contributed by atoms with Crippen molar-refractivity contribution in [3.63, 3.8) is 0 Å². The predicted molar refractivity (Wildman–Crippen MR) is 237 cm³/mol. The molecule has 57 heavy (non-hydrogen) atoms. The van der Waals surface area contributed by atoms with Crippen LogP contribution in [0.25, 0.3) is 0 Å². The van der Waals surface area contributed by atoms with Crippen LogP contribution in [0.3, 0.4) is 0 Å². The Balaban J connectivity index is 4.21. The van der Waals surface area contributed by atoms with Gasteiger partial charge in [0, 0.05) is 19.0 Å². The first-order valence-corrected chi connectivity index (χ1v) is 24.5. The highest BCUT2D eigenvalue weighted by molar-refractivity contribution is 5.81. The van der Waals surface area contributed by atoms with Gasteiger partial charge in [-0.25, -0.2) is 0 Å². The summed E-state index contributed by atoms with van der Waals surface area (Å²) in [6.07, 6.45) is 39.5. The van der Waals surface area contributed by atoms with Gasteiger partial charge in [-0.1, -0.05) is 206 Å². The topological polar surface area (TPSA) is 134 Å². The second kappa shape index (κ2) is 43.9. The third kappa shape index (κ3) is 43.7. The number of hydrogen-bond donors (Lipinski definition) is 4. The zero-order valence-electron chi connectivity index (χ0n) is 37.7. The zero-order valence-corrected chi connectivity index (χ0v) is 37.7. The number of amides is 1. The molecular weight excluding hydrogens is 717 g/mol. The molecule has 0 radical (unpaired) electrons. The van der Waals surface area contributed by atoms with Crippen molar-refractivity contribution in [1.82, 2.24) is 10.6 Å². The van der Waals surface area contributed by atoms with Crippen LogP contribution < -0.4 is 10.6 Å². The Bertz CT molecular complexity index is 835. The molecule has 0 saturated heterocycles. The standard InChI is InChI=1S/C48H94N2O7/c1-4-6-8-10-12-14-16-18-20-22-24-26-28-30-32-34-36-56-47(54)39-44(50-46(53)42-49-41-45(52)38-43(3)51)40-48(55)57-37-35-33-31-29-27-25-23-21-19-17-15-13-11-9-7-5-2/h43-45,49,51-52H,4-42H2,1-3H3,(H,50,53). The van der Waals surface area contributed by atoms with Crippen LogP contribution >= 0.6 is 0 Å². The van der Waals surface area contributed by atoms with Gasteiger partial charge in [0.15, 0.2) is 0 Å². The van der Waals surface area contributed by atoms with Crippen LogP contribution in [0.4, 0.5) is 0 Å². The van der Waals surface area contributed by atoms with E-state index in [0.29, 0.717) is 13.2 Å². The van der Waals surface area contributed by atoms with E-state index in [0.717, 1.165) is 38.5 Å². The minimum Gasteiger partial charge on any atom is -0.466 e. The van der Waals surface area contributed by atoms with Gasteiger partial charge in [0.25, 0.3) is 0 Å². The van der Waals surface area contributed by atoms with E-state index in [1.54, 1.807) is 6.92 Å². The molecule has 9 nitrogen and oxygen atoms in total. The first-order chi connectivity index (χ1) is 27.8. The quantitative estimate of drug-likeness (QED) is 0.0353. The van der Waals surface area contributed by atoms with E-state index in [1.165, 1.54) is 167 Å². The Labute approximate surface area is 351 Å². The predicted octanol–water partition coefficient (Wildman–Crippen LogP) is 11.6. The molecule has 0 aromatic carbocycles. The van der Waals surface area contributed by atoms with Gasteiger partial charge in [-0.3, -0.25) is 14.4 Å². The summed E-state index contributed by atoms with van der Waals surface area (Å²) in [5.74, 6) is -1.26. The summed E-state index contributed by atoms with van der Waals surface area (Å²) >= 11 is 0. The third-order valence-electron chi connectivity index (χ3n) is 11.0. The van der Waals surface area contributed by atoms with E-state index in [-0.39, 0.29) is 38.3 Å². The number of hydrogen-bond acceptors (Lipinski definition) is 8. The smallest absolute Gasteiger partial charge is 0.307 e. The molecule has 0 saturated carbocycles. The number of aliphatic hydroxyl groups is 2. The molecule has 2 unspecified atom stereocenters. The van der Waals surface area contributed by atoms with Crippen molar-refractivity contribution in [2.24, 2.45) is 0 Å². The molecule has 1 amide bonds. The zero-order chi connectivity index (χ0) is 41.9. The number of rotatable bonds is 45. The van der Waals surface area contributed by atoms with Crippen LogP contribution in [0.1, 0.15) is 245 Å². The normalized spacial score (nSPS) is 12.5. The average Bonchev–Trinajstić information content (AvgIpc) is 3.16. The lowest BCUT2D eigenvalue weighted by atomic mass is 10.0. The molecule has 0 aromatic rings. The monoisotopic (exact) mass is 811 g/mol. The van der Waals surface area contributed by atoms with Gasteiger partial charge in [0.1, 0.15) is 0 Å². The molecule has 0 aliphatic carbocycles. The highest BCUT2D eigenvalue weighted by Crippen LogP contribution is 2.16. The first kappa shape index (κ1) is 55.3.